The Bertz CT molecular complexity index is 329. The van der Waals surface area contributed by atoms with Gasteiger partial charge in [-0.2, -0.15) is 0 Å². The van der Waals surface area contributed by atoms with Gasteiger partial charge in [-0.15, -0.1) is 0 Å². The summed E-state index contributed by atoms with van der Waals surface area (Å²) in [6.07, 6.45) is -6.18. The molecule has 11 heteroatoms. The van der Waals surface area contributed by atoms with Crippen LogP contribution in [0.2, 0.25) is 0 Å². The summed E-state index contributed by atoms with van der Waals surface area (Å²) in [5.74, 6) is -2.50. The van der Waals surface area contributed by atoms with Crippen molar-refractivity contribution in [3.8, 4) is 0 Å². The van der Waals surface area contributed by atoms with E-state index in [0.29, 0.717) is 0 Å². The molecule has 132 valence electrons. The normalized spacial score (nSPS) is 17.4. The molecule has 0 aromatic rings. The number of hydrogen-bond acceptors (Lipinski definition) is 9. The van der Waals surface area contributed by atoms with Crippen molar-refractivity contribution >= 4 is 11.9 Å². The van der Waals surface area contributed by atoms with Crippen molar-refractivity contribution < 1.29 is 45.3 Å². The van der Waals surface area contributed by atoms with Crippen molar-refractivity contribution in [1.82, 2.24) is 5.32 Å². The van der Waals surface area contributed by atoms with E-state index >= 15 is 0 Å². The van der Waals surface area contributed by atoms with Crippen LogP contribution < -0.4 is 11.1 Å². The van der Waals surface area contributed by atoms with Crippen LogP contribution in [0, 0.1) is 0 Å². The first-order valence-corrected chi connectivity index (χ1v) is 6.26. The number of carboxylic acids is 2. The van der Waals surface area contributed by atoms with E-state index in [1.807, 2.05) is 0 Å². The van der Waals surface area contributed by atoms with Gasteiger partial charge in [0.25, 0.3) is 0 Å². The van der Waals surface area contributed by atoms with E-state index in [4.69, 9.17) is 36.4 Å². The second-order valence-electron chi connectivity index (χ2n) is 4.40. The molecule has 5 atom stereocenters. The van der Waals surface area contributed by atoms with Crippen molar-refractivity contribution in [1.29, 1.82) is 0 Å². The molecule has 10 N–H and O–H groups in total. The molecule has 0 saturated heterocycles. The molecular weight excluding hydrogens is 304 g/mol. The van der Waals surface area contributed by atoms with Crippen LogP contribution in [0.5, 0.6) is 0 Å². The minimum Gasteiger partial charge on any atom is -0.481 e. The zero-order chi connectivity index (χ0) is 17.9. The number of aliphatic hydroxyl groups is 5. The summed E-state index contributed by atoms with van der Waals surface area (Å²) in [6.45, 7) is -0.569. The molecule has 0 spiro atoms. The van der Waals surface area contributed by atoms with Gasteiger partial charge in [0.05, 0.1) is 19.1 Å². The Morgan fingerprint density at radius 3 is 1.77 bits per heavy atom. The summed E-state index contributed by atoms with van der Waals surface area (Å²) < 4.78 is 0. The van der Waals surface area contributed by atoms with Crippen molar-refractivity contribution in [2.45, 2.75) is 36.9 Å². The number of aliphatic carboxylic acids is 2. The number of hydrogen-bond donors (Lipinski definition) is 9. The second-order valence-corrected chi connectivity index (χ2v) is 4.40. The highest BCUT2D eigenvalue weighted by Gasteiger charge is 2.29. The summed E-state index contributed by atoms with van der Waals surface area (Å²) in [6, 6.07) is -1.29. The van der Waals surface area contributed by atoms with E-state index in [9.17, 15) is 14.7 Å². The molecule has 0 amide bonds. The Morgan fingerprint density at radius 1 is 1.05 bits per heavy atom. The number of likely N-dealkylation sites (N-methyl/N-ethyl adjacent to an activating group) is 1. The van der Waals surface area contributed by atoms with E-state index in [2.05, 4.69) is 5.32 Å². The molecule has 0 radical (unpaired) electrons. The smallest absolute Gasteiger partial charge is 0.321 e. The van der Waals surface area contributed by atoms with Gasteiger partial charge in [0.2, 0.25) is 0 Å². The van der Waals surface area contributed by atoms with Crippen molar-refractivity contribution in [2.75, 3.05) is 20.2 Å². The predicted molar refractivity (Wildman–Crippen MR) is 72.9 cm³/mol. The monoisotopic (exact) mass is 328 g/mol. The third kappa shape index (κ3) is 10.4. The van der Waals surface area contributed by atoms with Gasteiger partial charge in [0.15, 0.2) is 0 Å². The lowest BCUT2D eigenvalue weighted by atomic mass is 10.0. The Hall–Kier alpha value is -1.34. The van der Waals surface area contributed by atoms with Crippen molar-refractivity contribution in [2.24, 2.45) is 5.73 Å². The van der Waals surface area contributed by atoms with Gasteiger partial charge in [0.1, 0.15) is 24.4 Å². The molecule has 11 nitrogen and oxygen atoms in total. The molecule has 0 aromatic heterocycles. The van der Waals surface area contributed by atoms with Crippen molar-refractivity contribution in [3.63, 3.8) is 0 Å². The number of nitrogens with two attached hydrogens (primary N) is 1. The molecular formula is C11H24N2O9. The molecule has 0 heterocycles. The summed E-state index contributed by atoms with van der Waals surface area (Å²) in [4.78, 5) is 19.6. The molecule has 0 aliphatic carbocycles. The zero-order valence-corrected chi connectivity index (χ0v) is 12.0. The fourth-order valence-electron chi connectivity index (χ4n) is 1.17. The van der Waals surface area contributed by atoms with Crippen LogP contribution in [-0.2, 0) is 9.59 Å². The molecule has 0 bridgehead atoms. The SMILES string of the molecule is CNCC(O)C(O)C(O)C(O)CO.NC(CC(=O)O)C(=O)O. The highest BCUT2D eigenvalue weighted by molar-refractivity contribution is 5.80. The fourth-order valence-corrected chi connectivity index (χ4v) is 1.17. The van der Waals surface area contributed by atoms with Gasteiger partial charge < -0.3 is 46.8 Å². The Balaban J connectivity index is 0. The molecule has 0 rings (SSSR count). The Kier molecular flexibility index (Phi) is 12.7. The maximum Gasteiger partial charge on any atom is 0.321 e. The second kappa shape index (κ2) is 12.2. The van der Waals surface area contributed by atoms with Crippen LogP contribution in [0.3, 0.4) is 0 Å². The predicted octanol–water partition coefficient (Wildman–Crippen LogP) is -4.49. The van der Waals surface area contributed by atoms with Gasteiger partial charge >= 0.3 is 11.9 Å². The number of nitrogens with one attached hydrogen (secondary N) is 1. The van der Waals surface area contributed by atoms with Crippen molar-refractivity contribution in [3.05, 3.63) is 0 Å². The van der Waals surface area contributed by atoms with Crippen LogP contribution >= 0.6 is 0 Å². The van der Waals surface area contributed by atoms with E-state index in [-0.39, 0.29) is 6.54 Å². The molecule has 0 aliphatic heterocycles. The average molecular weight is 328 g/mol. The van der Waals surface area contributed by atoms with E-state index in [1.165, 1.54) is 0 Å². The Labute approximate surface area is 126 Å². The molecule has 0 aromatic carbocycles. The molecule has 22 heavy (non-hydrogen) atoms. The lowest BCUT2D eigenvalue weighted by molar-refractivity contribution is -0.144. The topological polar surface area (TPSA) is 214 Å². The number of carboxylic acid groups (broad SMARTS) is 2. The molecule has 0 aliphatic rings. The largest absolute Gasteiger partial charge is 0.481 e. The third-order valence-electron chi connectivity index (χ3n) is 2.45. The lowest BCUT2D eigenvalue weighted by Crippen LogP contribution is -2.48. The fraction of sp³-hybridized carbons (Fsp3) is 0.818. The summed E-state index contributed by atoms with van der Waals surface area (Å²) in [7, 11) is 1.57. The van der Waals surface area contributed by atoms with E-state index < -0.39 is 55.4 Å². The first kappa shape index (κ1) is 22.9. The minimum atomic E-state index is -1.55. The van der Waals surface area contributed by atoms with Crippen LogP contribution in [0.25, 0.3) is 0 Å². The average Bonchev–Trinajstić information content (AvgIpc) is 2.44. The molecule has 0 fully saturated rings. The van der Waals surface area contributed by atoms with E-state index in [0.717, 1.165) is 0 Å². The first-order chi connectivity index (χ1) is 10.1. The molecule has 0 saturated carbocycles. The van der Waals surface area contributed by atoms with Gasteiger partial charge in [0, 0.05) is 6.54 Å². The summed E-state index contributed by atoms with van der Waals surface area (Å²) >= 11 is 0. The molecule has 5 unspecified atom stereocenters. The lowest BCUT2D eigenvalue weighted by Gasteiger charge is -2.25. The van der Waals surface area contributed by atoms with Crippen LogP contribution in [0.1, 0.15) is 6.42 Å². The zero-order valence-electron chi connectivity index (χ0n) is 12.0. The first-order valence-electron chi connectivity index (χ1n) is 6.26. The van der Waals surface area contributed by atoms with Crippen LogP contribution in [0.4, 0.5) is 0 Å². The van der Waals surface area contributed by atoms with Gasteiger partial charge in [-0.1, -0.05) is 0 Å². The highest BCUT2D eigenvalue weighted by Crippen LogP contribution is 2.04. The summed E-state index contributed by atoms with van der Waals surface area (Å²) in [5, 5.41) is 63.5. The number of carbonyl (C=O) groups is 2. The van der Waals surface area contributed by atoms with Gasteiger partial charge in [-0.3, -0.25) is 9.59 Å². The van der Waals surface area contributed by atoms with E-state index in [1.54, 1.807) is 7.05 Å². The quantitative estimate of drug-likeness (QED) is 0.197. The number of rotatable bonds is 9. The maximum absolute atomic E-state index is 9.85. The summed E-state index contributed by atoms with van der Waals surface area (Å²) in [5.41, 5.74) is 4.84. The maximum atomic E-state index is 9.85. The standard InChI is InChI=1S/C7H17NO5.C4H7NO4/c1-8-2-4(10)6(12)7(13)5(11)3-9;5-2(4(8)9)1-3(6)7/h4-13H,2-3H2,1H3;2H,1,5H2,(H,6,7)(H,8,9). The van der Waals surface area contributed by atoms with Crippen LogP contribution in [0.15, 0.2) is 0 Å². The minimum absolute atomic E-state index is 0.0936. The van der Waals surface area contributed by atoms with Gasteiger partial charge in [-0.05, 0) is 7.05 Å². The van der Waals surface area contributed by atoms with Gasteiger partial charge in [-0.25, -0.2) is 0 Å². The Morgan fingerprint density at radius 2 is 1.50 bits per heavy atom. The number of aliphatic hydroxyl groups excluding tert-OH is 5. The van der Waals surface area contributed by atoms with Crippen LogP contribution in [-0.4, -0.2) is 98.3 Å². The third-order valence-corrected chi connectivity index (χ3v) is 2.45. The highest BCUT2D eigenvalue weighted by atomic mass is 16.4.